The SMILES string of the molecule is Cc1ncsc1-c1ccc(CNC(=O)[C@@H]2C[C@@H](O)CN2C(=O)[C@@H](NC(=O)CCCCCCCCCCCC(=O)O)C(C)(C)C)cc1. The van der Waals surface area contributed by atoms with E-state index in [2.05, 4.69) is 15.6 Å². The Morgan fingerprint density at radius 1 is 0.957 bits per heavy atom. The van der Waals surface area contributed by atoms with Crippen LogP contribution in [-0.2, 0) is 25.7 Å². The van der Waals surface area contributed by atoms with Gasteiger partial charge in [0.15, 0.2) is 0 Å². The smallest absolute Gasteiger partial charge is 0.303 e. The molecule has 1 aliphatic rings. The highest BCUT2D eigenvalue weighted by Crippen LogP contribution is 2.28. The molecular weight excluding hydrogens is 604 g/mol. The third kappa shape index (κ3) is 11.8. The summed E-state index contributed by atoms with van der Waals surface area (Å²) in [5, 5.41) is 25.0. The fourth-order valence-corrected chi connectivity index (χ4v) is 6.62. The van der Waals surface area contributed by atoms with Crippen molar-refractivity contribution in [1.29, 1.82) is 0 Å². The number of β-amino-alcohol motifs (C(OH)–C–C–N with tert-alkyl or cyclic N) is 1. The number of benzene rings is 1. The zero-order chi connectivity index (χ0) is 33.7. The van der Waals surface area contributed by atoms with Gasteiger partial charge in [0.25, 0.3) is 0 Å². The molecule has 0 radical (unpaired) electrons. The number of amides is 3. The number of rotatable bonds is 18. The molecule has 2 heterocycles. The van der Waals surface area contributed by atoms with E-state index in [1.54, 1.807) is 11.3 Å². The van der Waals surface area contributed by atoms with Crippen LogP contribution in [0.1, 0.15) is 109 Å². The van der Waals surface area contributed by atoms with Gasteiger partial charge in [-0.15, -0.1) is 11.3 Å². The van der Waals surface area contributed by atoms with Gasteiger partial charge < -0.3 is 25.7 Å². The maximum absolute atomic E-state index is 13.8. The quantitative estimate of drug-likeness (QED) is 0.153. The average Bonchev–Trinajstić information content (AvgIpc) is 3.61. The van der Waals surface area contributed by atoms with Gasteiger partial charge >= 0.3 is 5.97 Å². The number of nitrogens with one attached hydrogen (secondary N) is 2. The van der Waals surface area contributed by atoms with Crippen molar-refractivity contribution in [2.75, 3.05) is 6.54 Å². The van der Waals surface area contributed by atoms with Gasteiger partial charge in [-0.3, -0.25) is 19.2 Å². The number of unbranched alkanes of at least 4 members (excludes halogenated alkanes) is 8. The lowest BCUT2D eigenvalue weighted by Crippen LogP contribution is -2.57. The van der Waals surface area contributed by atoms with Gasteiger partial charge in [0, 0.05) is 32.4 Å². The van der Waals surface area contributed by atoms with E-state index < -0.39 is 29.6 Å². The Labute approximate surface area is 277 Å². The molecule has 1 aromatic carbocycles. The third-order valence-corrected chi connectivity index (χ3v) is 9.48. The third-order valence-electron chi connectivity index (χ3n) is 8.51. The second kappa shape index (κ2) is 18.1. The monoisotopic (exact) mass is 656 g/mol. The van der Waals surface area contributed by atoms with Crippen LogP contribution in [0.25, 0.3) is 10.4 Å². The first-order valence-corrected chi connectivity index (χ1v) is 17.5. The van der Waals surface area contributed by atoms with Crippen LogP contribution in [0.3, 0.4) is 0 Å². The van der Waals surface area contributed by atoms with E-state index in [4.69, 9.17) is 5.11 Å². The van der Waals surface area contributed by atoms with Crippen LogP contribution in [0.2, 0.25) is 0 Å². The zero-order valence-corrected chi connectivity index (χ0v) is 28.7. The van der Waals surface area contributed by atoms with Crippen LogP contribution in [0.5, 0.6) is 0 Å². The van der Waals surface area contributed by atoms with Crippen LogP contribution in [0.15, 0.2) is 29.8 Å². The Morgan fingerprint density at radius 2 is 1.54 bits per heavy atom. The summed E-state index contributed by atoms with van der Waals surface area (Å²) in [7, 11) is 0. The summed E-state index contributed by atoms with van der Waals surface area (Å²) in [4.78, 5) is 57.4. The number of carbonyl (C=O) groups excluding carboxylic acids is 3. The fourth-order valence-electron chi connectivity index (χ4n) is 5.81. The predicted octanol–water partition coefficient (Wildman–Crippen LogP) is 5.60. The minimum Gasteiger partial charge on any atom is -0.481 e. The Bertz CT molecular complexity index is 1290. The average molecular weight is 657 g/mol. The molecule has 10 nitrogen and oxygen atoms in total. The highest BCUT2D eigenvalue weighted by Gasteiger charge is 2.44. The largest absolute Gasteiger partial charge is 0.481 e. The number of carboxylic acid groups (broad SMARTS) is 1. The van der Waals surface area contributed by atoms with Gasteiger partial charge in [0.1, 0.15) is 12.1 Å². The molecular formula is C35H52N4O6S. The van der Waals surface area contributed by atoms with Crippen molar-refractivity contribution >= 4 is 35.0 Å². The Morgan fingerprint density at radius 3 is 2.09 bits per heavy atom. The van der Waals surface area contributed by atoms with Gasteiger partial charge in [-0.25, -0.2) is 4.98 Å². The second-order valence-corrected chi connectivity index (χ2v) is 14.4. The molecule has 3 atom stereocenters. The number of aliphatic hydroxyl groups excluding tert-OH is 1. The lowest BCUT2D eigenvalue weighted by atomic mass is 9.85. The number of aryl methyl sites for hydroxylation is 1. The molecule has 2 aromatic rings. The number of hydrogen-bond donors (Lipinski definition) is 4. The first-order chi connectivity index (χ1) is 21.9. The molecule has 1 saturated heterocycles. The molecule has 254 valence electrons. The summed E-state index contributed by atoms with van der Waals surface area (Å²) in [5.41, 5.74) is 4.19. The topological polar surface area (TPSA) is 149 Å². The van der Waals surface area contributed by atoms with Gasteiger partial charge in [-0.1, -0.05) is 90.0 Å². The summed E-state index contributed by atoms with van der Waals surface area (Å²) in [6, 6.07) is 6.28. The van der Waals surface area contributed by atoms with Crippen molar-refractivity contribution < 1.29 is 29.4 Å². The number of carboxylic acids is 1. The van der Waals surface area contributed by atoms with Gasteiger partial charge in [0.2, 0.25) is 17.7 Å². The molecule has 1 fully saturated rings. The lowest BCUT2D eigenvalue weighted by molar-refractivity contribution is -0.144. The van der Waals surface area contributed by atoms with Gasteiger partial charge in [-0.05, 0) is 36.3 Å². The van der Waals surface area contributed by atoms with Gasteiger partial charge in [0.05, 0.1) is 22.2 Å². The number of aromatic nitrogens is 1. The fraction of sp³-hybridized carbons (Fsp3) is 0.629. The number of nitrogens with zero attached hydrogens (tertiary/aromatic N) is 2. The van der Waals surface area contributed by atoms with E-state index in [0.717, 1.165) is 79.5 Å². The molecule has 0 unspecified atom stereocenters. The van der Waals surface area contributed by atoms with Crippen molar-refractivity contribution in [3.05, 3.63) is 41.0 Å². The number of aliphatic hydroxyl groups is 1. The number of thiazole rings is 1. The van der Waals surface area contributed by atoms with E-state index in [1.807, 2.05) is 57.5 Å². The van der Waals surface area contributed by atoms with E-state index >= 15 is 0 Å². The van der Waals surface area contributed by atoms with Crippen molar-refractivity contribution in [2.45, 2.75) is 129 Å². The van der Waals surface area contributed by atoms with Crippen LogP contribution in [-0.4, -0.2) is 68.5 Å². The Kier molecular flexibility index (Phi) is 14.6. The number of carbonyl (C=O) groups is 4. The Balaban J connectivity index is 1.45. The van der Waals surface area contributed by atoms with Crippen LogP contribution in [0, 0.1) is 12.3 Å². The van der Waals surface area contributed by atoms with Gasteiger partial charge in [-0.2, -0.15) is 0 Å². The van der Waals surface area contributed by atoms with Crippen molar-refractivity contribution in [3.8, 4) is 10.4 Å². The van der Waals surface area contributed by atoms with E-state index in [-0.39, 0.29) is 37.1 Å². The molecule has 0 saturated carbocycles. The molecule has 0 bridgehead atoms. The standard InChI is InChI=1S/C35H52N4O6S/c1-24-31(46-23-37-24)26-18-16-25(17-19-26)21-36-33(44)28-20-27(40)22-39(28)34(45)32(35(2,3)4)38-29(41)14-12-10-8-6-5-7-9-11-13-15-30(42)43/h16-19,23,27-28,32,40H,5-15,20-22H2,1-4H3,(H,36,44)(H,38,41)(H,42,43)/t27-,28+,32-/m1/s1. The minimum atomic E-state index is -0.829. The van der Waals surface area contributed by atoms with Crippen LogP contribution in [0.4, 0.5) is 0 Å². The molecule has 3 amide bonds. The molecule has 1 aromatic heterocycles. The summed E-state index contributed by atoms with van der Waals surface area (Å²) >= 11 is 1.58. The van der Waals surface area contributed by atoms with Crippen LogP contribution >= 0.6 is 11.3 Å². The molecule has 4 N–H and O–H groups in total. The summed E-state index contributed by atoms with van der Waals surface area (Å²) in [5.74, 6) is -1.61. The van der Waals surface area contributed by atoms with E-state index in [9.17, 15) is 24.3 Å². The normalized spacial score (nSPS) is 17.1. The predicted molar refractivity (Wildman–Crippen MR) is 180 cm³/mol. The second-order valence-electron chi connectivity index (χ2n) is 13.5. The number of hydrogen-bond acceptors (Lipinski definition) is 7. The molecule has 3 rings (SSSR count). The lowest BCUT2D eigenvalue weighted by Gasteiger charge is -2.35. The number of aliphatic carboxylic acids is 1. The highest BCUT2D eigenvalue weighted by molar-refractivity contribution is 7.13. The summed E-state index contributed by atoms with van der Waals surface area (Å²) in [6.07, 6.45) is 8.61. The Hall–Kier alpha value is -3.31. The molecule has 11 heteroatoms. The molecule has 0 spiro atoms. The maximum atomic E-state index is 13.8. The minimum absolute atomic E-state index is 0.0435. The zero-order valence-electron chi connectivity index (χ0n) is 27.8. The first kappa shape index (κ1) is 37.2. The highest BCUT2D eigenvalue weighted by atomic mass is 32.1. The summed E-state index contributed by atoms with van der Waals surface area (Å²) < 4.78 is 0. The molecule has 1 aliphatic heterocycles. The van der Waals surface area contributed by atoms with Crippen LogP contribution < -0.4 is 10.6 Å². The molecule has 46 heavy (non-hydrogen) atoms. The summed E-state index contributed by atoms with van der Waals surface area (Å²) in [6.45, 7) is 7.97. The maximum Gasteiger partial charge on any atom is 0.303 e. The first-order valence-electron chi connectivity index (χ1n) is 16.6. The van der Waals surface area contributed by atoms with Crippen molar-refractivity contribution in [1.82, 2.24) is 20.5 Å². The van der Waals surface area contributed by atoms with E-state index in [1.165, 1.54) is 4.90 Å². The van der Waals surface area contributed by atoms with Crippen molar-refractivity contribution in [2.24, 2.45) is 5.41 Å². The molecule has 0 aliphatic carbocycles. The van der Waals surface area contributed by atoms with E-state index in [0.29, 0.717) is 13.0 Å². The number of likely N-dealkylation sites (tertiary alicyclic amines) is 1. The van der Waals surface area contributed by atoms with Crippen molar-refractivity contribution in [3.63, 3.8) is 0 Å².